The van der Waals surface area contributed by atoms with E-state index in [0.29, 0.717) is 6.54 Å². The molecule has 3 N–H and O–H groups in total. The van der Waals surface area contributed by atoms with Crippen molar-refractivity contribution in [1.29, 1.82) is 0 Å². The molecule has 15 heavy (non-hydrogen) atoms. The monoisotopic (exact) mass is 219 g/mol. The van der Waals surface area contributed by atoms with Crippen LogP contribution in [-0.4, -0.2) is 4.98 Å². The number of hydrogen-bond donors (Lipinski definition) is 2. The van der Waals surface area contributed by atoms with Crippen molar-refractivity contribution in [2.45, 2.75) is 13.5 Å². The molecule has 0 bridgehead atoms. The normalized spacial score (nSPS) is 10.3. The maximum Gasteiger partial charge on any atom is 0.187 e. The van der Waals surface area contributed by atoms with Gasteiger partial charge < -0.3 is 11.1 Å². The minimum Gasteiger partial charge on any atom is -0.332 e. The first-order valence-electron chi connectivity index (χ1n) is 4.76. The molecular formula is C11H13N3S. The van der Waals surface area contributed by atoms with E-state index in [0.717, 1.165) is 16.5 Å². The molecule has 1 aromatic carbocycles. The fraction of sp³-hybridized carbons (Fsp3) is 0.182. The third kappa shape index (κ3) is 2.55. The number of nitrogens with one attached hydrogen (secondary N) is 1. The summed E-state index contributed by atoms with van der Waals surface area (Å²) in [6.07, 6.45) is 0. The molecule has 0 saturated carbocycles. The maximum atomic E-state index is 5.49. The smallest absolute Gasteiger partial charge is 0.187 e. The molecule has 0 unspecified atom stereocenters. The number of benzene rings is 1. The van der Waals surface area contributed by atoms with Gasteiger partial charge in [-0.3, -0.25) is 0 Å². The van der Waals surface area contributed by atoms with E-state index in [-0.39, 0.29) is 0 Å². The highest BCUT2D eigenvalue weighted by atomic mass is 32.1. The molecule has 4 heteroatoms. The molecule has 0 aliphatic heterocycles. The fourth-order valence-electron chi connectivity index (χ4n) is 1.22. The zero-order chi connectivity index (χ0) is 10.7. The van der Waals surface area contributed by atoms with Gasteiger partial charge in [-0.2, -0.15) is 0 Å². The van der Waals surface area contributed by atoms with E-state index in [2.05, 4.69) is 29.4 Å². The van der Waals surface area contributed by atoms with Crippen LogP contribution in [0.15, 0.2) is 29.6 Å². The van der Waals surface area contributed by atoms with Gasteiger partial charge >= 0.3 is 0 Å². The van der Waals surface area contributed by atoms with E-state index < -0.39 is 0 Å². The van der Waals surface area contributed by atoms with Gasteiger partial charge in [0.25, 0.3) is 0 Å². The topological polar surface area (TPSA) is 50.9 Å². The van der Waals surface area contributed by atoms with Gasteiger partial charge in [-0.1, -0.05) is 17.7 Å². The highest BCUT2D eigenvalue weighted by molar-refractivity contribution is 7.13. The van der Waals surface area contributed by atoms with E-state index in [1.54, 1.807) is 11.3 Å². The maximum absolute atomic E-state index is 5.49. The Hall–Kier alpha value is -1.39. The second kappa shape index (κ2) is 4.42. The number of thiazole rings is 1. The molecule has 78 valence electrons. The Bertz CT molecular complexity index is 433. The van der Waals surface area contributed by atoms with Crippen LogP contribution in [0, 0.1) is 6.92 Å². The van der Waals surface area contributed by atoms with E-state index in [1.807, 2.05) is 17.5 Å². The van der Waals surface area contributed by atoms with Gasteiger partial charge in [0.2, 0.25) is 0 Å². The molecule has 0 atom stereocenters. The molecule has 3 nitrogen and oxygen atoms in total. The van der Waals surface area contributed by atoms with Crippen LogP contribution >= 0.6 is 11.3 Å². The predicted octanol–water partition coefficient (Wildman–Crippen LogP) is 2.65. The molecular weight excluding hydrogens is 206 g/mol. The standard InChI is InChI=1S/C11H13N3S/c1-8-2-4-9(5-3-8)13-11-14-10(6-12)7-15-11/h2-5,7H,6,12H2,1H3,(H,13,14). The van der Waals surface area contributed by atoms with Gasteiger partial charge in [-0.05, 0) is 19.1 Å². The van der Waals surface area contributed by atoms with Crippen LogP contribution in [0.5, 0.6) is 0 Å². The van der Waals surface area contributed by atoms with Crippen LogP contribution in [0.3, 0.4) is 0 Å². The summed E-state index contributed by atoms with van der Waals surface area (Å²) in [6.45, 7) is 2.56. The van der Waals surface area contributed by atoms with Crippen LogP contribution in [0.4, 0.5) is 10.8 Å². The Labute approximate surface area is 93.0 Å². The highest BCUT2D eigenvalue weighted by Crippen LogP contribution is 2.20. The summed E-state index contributed by atoms with van der Waals surface area (Å²) in [4.78, 5) is 4.33. The molecule has 1 aromatic heterocycles. The molecule has 0 aliphatic rings. The molecule has 0 fully saturated rings. The number of rotatable bonds is 3. The summed E-state index contributed by atoms with van der Waals surface area (Å²) in [6, 6.07) is 8.22. The number of aromatic nitrogens is 1. The predicted molar refractivity (Wildman–Crippen MR) is 64.5 cm³/mol. The molecule has 2 aromatic rings. The van der Waals surface area contributed by atoms with Crippen molar-refractivity contribution in [2.24, 2.45) is 5.73 Å². The zero-order valence-electron chi connectivity index (χ0n) is 8.53. The first kappa shape index (κ1) is 10.1. The lowest BCUT2D eigenvalue weighted by Gasteiger charge is -2.02. The average molecular weight is 219 g/mol. The Kier molecular flexibility index (Phi) is 2.99. The average Bonchev–Trinajstić information content (AvgIpc) is 2.69. The van der Waals surface area contributed by atoms with Crippen molar-refractivity contribution in [3.63, 3.8) is 0 Å². The number of nitrogens with zero attached hydrogens (tertiary/aromatic N) is 1. The van der Waals surface area contributed by atoms with E-state index in [1.165, 1.54) is 5.56 Å². The van der Waals surface area contributed by atoms with Crippen LogP contribution in [0.2, 0.25) is 0 Å². The second-order valence-electron chi connectivity index (χ2n) is 3.34. The van der Waals surface area contributed by atoms with Crippen molar-refractivity contribution in [3.8, 4) is 0 Å². The zero-order valence-corrected chi connectivity index (χ0v) is 9.34. The van der Waals surface area contributed by atoms with Crippen LogP contribution in [0.1, 0.15) is 11.3 Å². The molecule has 0 aliphatic carbocycles. The van der Waals surface area contributed by atoms with Gasteiger partial charge in [-0.25, -0.2) is 4.98 Å². The van der Waals surface area contributed by atoms with Gasteiger partial charge in [0.15, 0.2) is 5.13 Å². The molecule has 2 rings (SSSR count). The Morgan fingerprint density at radius 1 is 1.33 bits per heavy atom. The van der Waals surface area contributed by atoms with Crippen LogP contribution < -0.4 is 11.1 Å². The van der Waals surface area contributed by atoms with Crippen molar-refractivity contribution < 1.29 is 0 Å². The lowest BCUT2D eigenvalue weighted by atomic mass is 10.2. The van der Waals surface area contributed by atoms with Gasteiger partial charge in [0.05, 0.1) is 5.69 Å². The second-order valence-corrected chi connectivity index (χ2v) is 4.20. The van der Waals surface area contributed by atoms with Crippen molar-refractivity contribution >= 4 is 22.2 Å². The molecule has 1 heterocycles. The van der Waals surface area contributed by atoms with E-state index >= 15 is 0 Å². The molecule has 0 amide bonds. The third-order valence-electron chi connectivity index (χ3n) is 2.06. The van der Waals surface area contributed by atoms with Gasteiger partial charge in [-0.15, -0.1) is 11.3 Å². The number of aryl methyl sites for hydroxylation is 1. The minimum absolute atomic E-state index is 0.492. The summed E-state index contributed by atoms with van der Waals surface area (Å²) in [7, 11) is 0. The Morgan fingerprint density at radius 3 is 2.67 bits per heavy atom. The highest BCUT2D eigenvalue weighted by Gasteiger charge is 2.00. The van der Waals surface area contributed by atoms with Crippen molar-refractivity contribution in [2.75, 3.05) is 5.32 Å². The summed E-state index contributed by atoms with van der Waals surface area (Å²) in [5, 5.41) is 6.09. The van der Waals surface area contributed by atoms with Gasteiger partial charge in [0, 0.05) is 17.6 Å². The van der Waals surface area contributed by atoms with Crippen molar-refractivity contribution in [1.82, 2.24) is 4.98 Å². The van der Waals surface area contributed by atoms with E-state index in [4.69, 9.17) is 5.73 Å². The number of hydrogen-bond acceptors (Lipinski definition) is 4. The Balaban J connectivity index is 2.11. The van der Waals surface area contributed by atoms with Crippen molar-refractivity contribution in [3.05, 3.63) is 40.9 Å². The summed E-state index contributed by atoms with van der Waals surface area (Å²) >= 11 is 1.57. The summed E-state index contributed by atoms with van der Waals surface area (Å²) in [5.41, 5.74) is 8.72. The fourth-order valence-corrected chi connectivity index (χ4v) is 1.96. The lowest BCUT2D eigenvalue weighted by Crippen LogP contribution is -1.96. The number of anilines is 2. The summed E-state index contributed by atoms with van der Waals surface area (Å²) in [5.74, 6) is 0. The van der Waals surface area contributed by atoms with Gasteiger partial charge in [0.1, 0.15) is 0 Å². The lowest BCUT2D eigenvalue weighted by molar-refractivity contribution is 1.01. The van der Waals surface area contributed by atoms with E-state index in [9.17, 15) is 0 Å². The first-order chi connectivity index (χ1) is 7.28. The minimum atomic E-state index is 0.492. The molecule has 0 radical (unpaired) electrons. The quantitative estimate of drug-likeness (QED) is 0.834. The van der Waals surface area contributed by atoms with Crippen LogP contribution in [-0.2, 0) is 6.54 Å². The molecule has 0 spiro atoms. The van der Waals surface area contributed by atoms with Crippen LogP contribution in [0.25, 0.3) is 0 Å². The Morgan fingerprint density at radius 2 is 2.07 bits per heavy atom. The third-order valence-corrected chi connectivity index (χ3v) is 2.87. The SMILES string of the molecule is Cc1ccc(Nc2nc(CN)cs2)cc1. The first-order valence-corrected chi connectivity index (χ1v) is 5.64. The molecule has 0 saturated heterocycles. The summed E-state index contributed by atoms with van der Waals surface area (Å²) < 4.78 is 0. The largest absolute Gasteiger partial charge is 0.332 e. The number of nitrogens with two attached hydrogens (primary N) is 1.